The Balaban J connectivity index is 2.47. The normalized spacial score (nSPS) is 34.7. The van der Waals surface area contributed by atoms with Gasteiger partial charge >= 0.3 is 0 Å². The molecule has 52 valence electrons. The van der Waals surface area contributed by atoms with Crippen LogP contribution in [0.15, 0.2) is 0 Å². The van der Waals surface area contributed by atoms with E-state index >= 15 is 0 Å². The van der Waals surface area contributed by atoms with Crippen LogP contribution < -0.4 is 5.32 Å². The molecule has 1 saturated heterocycles. The van der Waals surface area contributed by atoms with E-state index in [1.165, 1.54) is 0 Å². The lowest BCUT2D eigenvalue weighted by atomic mass is 10.1. The van der Waals surface area contributed by atoms with Gasteiger partial charge in [0.1, 0.15) is 0 Å². The fraction of sp³-hybridized carbons (Fsp3) is 0.833. The van der Waals surface area contributed by atoms with E-state index in [0.29, 0.717) is 0 Å². The lowest BCUT2D eigenvalue weighted by molar-refractivity contribution is -0.119. The van der Waals surface area contributed by atoms with Crippen molar-refractivity contribution in [2.75, 3.05) is 0 Å². The van der Waals surface area contributed by atoms with Crippen LogP contribution in [-0.4, -0.2) is 23.2 Å². The van der Waals surface area contributed by atoms with E-state index in [2.05, 4.69) is 5.32 Å². The predicted molar refractivity (Wildman–Crippen MR) is 32.8 cm³/mol. The maximum atomic E-state index is 10.6. The molecule has 0 aromatic rings. The first-order valence-corrected chi connectivity index (χ1v) is 3.21. The Hall–Kier alpha value is -0.570. The van der Waals surface area contributed by atoms with Crippen molar-refractivity contribution in [3.05, 3.63) is 0 Å². The first kappa shape index (κ1) is 6.55. The smallest absolute Gasteiger partial charge is 0.222 e. The van der Waals surface area contributed by atoms with E-state index in [1.54, 1.807) is 0 Å². The zero-order valence-corrected chi connectivity index (χ0v) is 5.42. The average Bonchev–Trinajstić information content (AvgIpc) is 2.10. The molecule has 0 aromatic carbocycles. The highest BCUT2D eigenvalue weighted by Crippen LogP contribution is 2.09. The number of hydrogen-bond donors (Lipinski definition) is 2. The highest BCUT2D eigenvalue weighted by atomic mass is 16.3. The zero-order chi connectivity index (χ0) is 6.85. The second kappa shape index (κ2) is 2.35. The van der Waals surface area contributed by atoms with E-state index in [1.807, 2.05) is 6.92 Å². The summed E-state index contributed by atoms with van der Waals surface area (Å²) in [4.78, 5) is 10.6. The molecule has 0 aliphatic carbocycles. The Labute approximate surface area is 54.1 Å². The standard InChI is InChI=1S/C6H11NO2/c1-2-4-5(8)3-6(9)7-4/h4-5,8H,2-3H2,1H3,(H,7,9)/t4-,5+/m1/s1. The molecule has 1 aliphatic heterocycles. The number of aliphatic hydroxyl groups is 1. The molecule has 0 bridgehead atoms. The third-order valence-corrected chi connectivity index (χ3v) is 1.65. The van der Waals surface area contributed by atoms with Gasteiger partial charge in [-0.3, -0.25) is 4.79 Å². The number of hydrogen-bond acceptors (Lipinski definition) is 2. The van der Waals surface area contributed by atoms with E-state index < -0.39 is 6.10 Å². The van der Waals surface area contributed by atoms with E-state index in [4.69, 9.17) is 5.11 Å². The molecule has 0 radical (unpaired) electrons. The van der Waals surface area contributed by atoms with Crippen molar-refractivity contribution in [3.63, 3.8) is 0 Å². The Bertz CT molecular complexity index is 124. The monoisotopic (exact) mass is 129 g/mol. The van der Waals surface area contributed by atoms with Crippen molar-refractivity contribution in [2.45, 2.75) is 31.9 Å². The predicted octanol–water partition coefficient (Wildman–Crippen LogP) is -0.354. The van der Waals surface area contributed by atoms with E-state index in [-0.39, 0.29) is 18.4 Å². The lowest BCUT2D eigenvalue weighted by Gasteiger charge is -2.09. The van der Waals surface area contributed by atoms with Crippen molar-refractivity contribution in [1.82, 2.24) is 5.32 Å². The Morgan fingerprint density at radius 2 is 2.56 bits per heavy atom. The van der Waals surface area contributed by atoms with Gasteiger partial charge in [0.25, 0.3) is 0 Å². The summed E-state index contributed by atoms with van der Waals surface area (Å²) < 4.78 is 0. The third kappa shape index (κ3) is 1.21. The molecule has 0 spiro atoms. The zero-order valence-electron chi connectivity index (χ0n) is 5.42. The molecule has 2 N–H and O–H groups in total. The van der Waals surface area contributed by atoms with Gasteiger partial charge in [-0.15, -0.1) is 0 Å². The number of nitrogens with one attached hydrogen (secondary N) is 1. The molecule has 1 amide bonds. The van der Waals surface area contributed by atoms with Gasteiger partial charge in [0.2, 0.25) is 5.91 Å². The van der Waals surface area contributed by atoms with Gasteiger partial charge in [-0.2, -0.15) is 0 Å². The second-order valence-electron chi connectivity index (χ2n) is 2.35. The molecule has 0 saturated carbocycles. The minimum Gasteiger partial charge on any atom is -0.390 e. The highest BCUT2D eigenvalue weighted by molar-refractivity contribution is 5.79. The van der Waals surface area contributed by atoms with Crippen LogP contribution in [0.25, 0.3) is 0 Å². The second-order valence-corrected chi connectivity index (χ2v) is 2.35. The molecule has 1 fully saturated rings. The number of aliphatic hydroxyl groups excluding tert-OH is 1. The molecule has 0 unspecified atom stereocenters. The summed E-state index contributed by atoms with van der Waals surface area (Å²) in [7, 11) is 0. The van der Waals surface area contributed by atoms with Crippen molar-refractivity contribution >= 4 is 5.91 Å². The van der Waals surface area contributed by atoms with Crippen LogP contribution in [0.2, 0.25) is 0 Å². The average molecular weight is 129 g/mol. The number of carbonyl (C=O) groups excluding carboxylic acids is 1. The lowest BCUT2D eigenvalue weighted by Crippen LogP contribution is -2.30. The van der Waals surface area contributed by atoms with Crippen LogP contribution in [0, 0.1) is 0 Å². The Kier molecular flexibility index (Phi) is 1.71. The van der Waals surface area contributed by atoms with Gasteiger partial charge < -0.3 is 10.4 Å². The molecule has 1 heterocycles. The van der Waals surface area contributed by atoms with Crippen LogP contribution in [0.5, 0.6) is 0 Å². The molecular formula is C6H11NO2. The van der Waals surface area contributed by atoms with Crippen LogP contribution in [0.1, 0.15) is 19.8 Å². The maximum absolute atomic E-state index is 10.6. The van der Waals surface area contributed by atoms with Crippen molar-refractivity contribution in [1.29, 1.82) is 0 Å². The summed E-state index contributed by atoms with van der Waals surface area (Å²) in [6, 6.07) is -0.00231. The van der Waals surface area contributed by atoms with Gasteiger partial charge in [0, 0.05) is 0 Å². The Morgan fingerprint density at radius 3 is 2.78 bits per heavy atom. The minimum atomic E-state index is -0.456. The van der Waals surface area contributed by atoms with Gasteiger partial charge in [-0.25, -0.2) is 0 Å². The third-order valence-electron chi connectivity index (χ3n) is 1.65. The molecule has 1 aliphatic rings. The summed E-state index contributed by atoms with van der Waals surface area (Å²) in [5.74, 6) is -0.0330. The molecule has 3 nitrogen and oxygen atoms in total. The summed E-state index contributed by atoms with van der Waals surface area (Å²) in [5, 5.41) is 11.7. The molecule has 0 aromatic heterocycles. The Morgan fingerprint density at radius 1 is 1.89 bits per heavy atom. The first-order chi connectivity index (χ1) is 4.24. The fourth-order valence-corrected chi connectivity index (χ4v) is 1.07. The topological polar surface area (TPSA) is 49.3 Å². The van der Waals surface area contributed by atoms with E-state index in [9.17, 15) is 4.79 Å². The van der Waals surface area contributed by atoms with Crippen LogP contribution >= 0.6 is 0 Å². The largest absolute Gasteiger partial charge is 0.390 e. The number of amides is 1. The van der Waals surface area contributed by atoms with E-state index in [0.717, 1.165) is 6.42 Å². The highest BCUT2D eigenvalue weighted by Gasteiger charge is 2.28. The van der Waals surface area contributed by atoms with Gasteiger partial charge in [-0.05, 0) is 6.42 Å². The van der Waals surface area contributed by atoms with Crippen LogP contribution in [0.4, 0.5) is 0 Å². The minimum absolute atomic E-state index is 0.00231. The molecule has 3 heteroatoms. The first-order valence-electron chi connectivity index (χ1n) is 3.21. The summed E-state index contributed by atoms with van der Waals surface area (Å²) in [6.45, 7) is 1.94. The van der Waals surface area contributed by atoms with Gasteiger partial charge in [-0.1, -0.05) is 6.92 Å². The molecule has 9 heavy (non-hydrogen) atoms. The number of carbonyl (C=O) groups is 1. The van der Waals surface area contributed by atoms with Crippen LogP contribution in [-0.2, 0) is 4.79 Å². The molecule has 1 rings (SSSR count). The summed E-state index contributed by atoms with van der Waals surface area (Å²) in [6.07, 6.45) is 0.633. The molecular weight excluding hydrogens is 118 g/mol. The maximum Gasteiger partial charge on any atom is 0.222 e. The van der Waals surface area contributed by atoms with Crippen LogP contribution in [0.3, 0.4) is 0 Å². The molecule has 2 atom stereocenters. The quantitative estimate of drug-likeness (QED) is 0.508. The van der Waals surface area contributed by atoms with Crippen molar-refractivity contribution in [2.24, 2.45) is 0 Å². The van der Waals surface area contributed by atoms with Crippen molar-refractivity contribution in [3.8, 4) is 0 Å². The summed E-state index contributed by atoms with van der Waals surface area (Å²) in [5.41, 5.74) is 0. The number of rotatable bonds is 1. The van der Waals surface area contributed by atoms with Gasteiger partial charge in [0.15, 0.2) is 0 Å². The van der Waals surface area contributed by atoms with Gasteiger partial charge in [0.05, 0.1) is 18.6 Å². The SMILES string of the molecule is CC[C@H]1NC(=O)C[C@@H]1O. The fourth-order valence-electron chi connectivity index (χ4n) is 1.07. The summed E-state index contributed by atoms with van der Waals surface area (Å²) >= 11 is 0. The van der Waals surface area contributed by atoms with Crippen molar-refractivity contribution < 1.29 is 9.90 Å².